The van der Waals surface area contributed by atoms with Crippen LogP contribution in [0.5, 0.6) is 0 Å². The first-order chi connectivity index (χ1) is 9.58. The molecule has 0 rings (SSSR count). The molecule has 0 amide bonds. The summed E-state index contributed by atoms with van der Waals surface area (Å²) in [6, 6.07) is 0. The van der Waals surface area contributed by atoms with Crippen LogP contribution in [0.4, 0.5) is 0 Å². The van der Waals surface area contributed by atoms with E-state index in [4.69, 9.17) is 0 Å². The zero-order valence-corrected chi connectivity index (χ0v) is 16.1. The van der Waals surface area contributed by atoms with Crippen molar-refractivity contribution in [3.05, 3.63) is 0 Å². The molecule has 0 N–H and O–H groups in total. The van der Waals surface area contributed by atoms with Crippen LogP contribution in [0.2, 0.25) is 0 Å². The Morgan fingerprint density at radius 1 is 0.700 bits per heavy atom. The van der Waals surface area contributed by atoms with Crippen molar-refractivity contribution in [1.29, 1.82) is 0 Å². The lowest BCUT2D eigenvalue weighted by Gasteiger charge is -2.18. The van der Waals surface area contributed by atoms with Gasteiger partial charge < -0.3 is 4.90 Å². The Morgan fingerprint density at radius 2 is 1.10 bits per heavy atom. The maximum Gasteiger partial charge on any atom is 0.000133 e. The molecule has 0 fully saturated rings. The summed E-state index contributed by atoms with van der Waals surface area (Å²) in [6.07, 6.45) is 11.1. The molecule has 0 unspecified atom stereocenters. The highest BCUT2D eigenvalue weighted by Crippen LogP contribution is 2.00. The molecule has 0 saturated heterocycles. The summed E-state index contributed by atoms with van der Waals surface area (Å²) in [5.74, 6) is 0.807. The molecule has 0 saturated carbocycles. The largest absolute Gasteiger partial charge is 0.306 e. The summed E-state index contributed by atoms with van der Waals surface area (Å²) < 4.78 is 0. The van der Waals surface area contributed by atoms with Crippen LogP contribution >= 0.6 is 0 Å². The fraction of sp³-hybridized carbons (Fsp3) is 1.00. The zero-order valence-electron chi connectivity index (χ0n) is 16.1. The number of rotatable bonds is 10. The van der Waals surface area contributed by atoms with E-state index in [1.807, 2.05) is 13.8 Å². The van der Waals surface area contributed by atoms with E-state index in [1.165, 1.54) is 64.5 Å². The summed E-state index contributed by atoms with van der Waals surface area (Å²) in [7, 11) is 2.22. The first-order valence-electron chi connectivity index (χ1n) is 9.26. The first-order valence-corrected chi connectivity index (χ1v) is 9.26. The number of hydrogen-bond donors (Lipinski definition) is 0. The summed E-state index contributed by atoms with van der Waals surface area (Å²) in [5.41, 5.74) is 0. The van der Waals surface area contributed by atoms with Crippen LogP contribution in [-0.2, 0) is 0 Å². The predicted molar refractivity (Wildman–Crippen MR) is 97.6 cm³/mol. The molecule has 126 valence electrons. The van der Waals surface area contributed by atoms with E-state index < -0.39 is 0 Å². The molecule has 0 aliphatic rings. The second-order valence-electron chi connectivity index (χ2n) is 5.92. The minimum absolute atomic E-state index is 0.807. The lowest BCUT2D eigenvalue weighted by atomic mass is 10.2. The lowest BCUT2D eigenvalue weighted by Crippen LogP contribution is -2.24. The van der Waals surface area contributed by atoms with E-state index in [0.29, 0.717) is 0 Å². The molecular formula is C19H45N. The minimum Gasteiger partial charge on any atom is -0.306 e. The van der Waals surface area contributed by atoms with Crippen LogP contribution in [0.1, 0.15) is 99.8 Å². The van der Waals surface area contributed by atoms with Gasteiger partial charge in [0.2, 0.25) is 0 Å². The Hall–Kier alpha value is -0.0400. The molecule has 1 nitrogen and oxygen atoms in total. The highest BCUT2D eigenvalue weighted by molar-refractivity contribution is 4.54. The first kappa shape index (κ1) is 24.9. The van der Waals surface area contributed by atoms with Crippen molar-refractivity contribution in [3.63, 3.8) is 0 Å². The Kier molecular flexibility index (Phi) is 29.9. The van der Waals surface area contributed by atoms with Crippen molar-refractivity contribution in [2.24, 2.45) is 5.92 Å². The summed E-state index contributed by atoms with van der Waals surface area (Å²) in [6.45, 7) is 17.8. The molecule has 0 spiro atoms. The molecule has 0 aromatic carbocycles. The third kappa shape index (κ3) is 30.8. The average Bonchev–Trinajstić information content (AvgIpc) is 2.42. The van der Waals surface area contributed by atoms with E-state index in [2.05, 4.69) is 46.6 Å². The third-order valence-corrected chi connectivity index (χ3v) is 3.03. The maximum atomic E-state index is 2.43. The smallest absolute Gasteiger partial charge is 0.000133 e. The molecule has 0 bridgehead atoms. The SMILES string of the molecule is CC.CCCCCCC.CCCCCN(C)CC(C)C. The standard InChI is InChI=1S/C10H23N.C7H16.C2H6/c1-5-6-7-8-11(4)9-10(2)3;1-3-5-7-6-4-2;1-2/h10H,5-9H2,1-4H3;3-7H2,1-2H3;1-2H3. The van der Waals surface area contributed by atoms with Crippen LogP contribution in [-0.4, -0.2) is 25.0 Å². The van der Waals surface area contributed by atoms with Crippen molar-refractivity contribution in [2.75, 3.05) is 20.1 Å². The molecule has 0 aliphatic heterocycles. The number of hydrogen-bond acceptors (Lipinski definition) is 1. The van der Waals surface area contributed by atoms with Crippen LogP contribution in [0.3, 0.4) is 0 Å². The quantitative estimate of drug-likeness (QED) is 0.401. The highest BCUT2D eigenvalue weighted by atomic mass is 15.1. The number of unbranched alkanes of at least 4 members (excludes halogenated alkanes) is 6. The normalized spacial score (nSPS) is 9.90. The second kappa shape index (κ2) is 24.0. The lowest BCUT2D eigenvalue weighted by molar-refractivity contribution is 0.289. The monoisotopic (exact) mass is 287 g/mol. The number of nitrogens with zero attached hydrogens (tertiary/aromatic N) is 1. The molecule has 0 atom stereocenters. The van der Waals surface area contributed by atoms with Gasteiger partial charge in [-0.3, -0.25) is 0 Å². The van der Waals surface area contributed by atoms with Crippen molar-refractivity contribution in [1.82, 2.24) is 4.90 Å². The van der Waals surface area contributed by atoms with Gasteiger partial charge in [0.05, 0.1) is 0 Å². The highest BCUT2D eigenvalue weighted by Gasteiger charge is 1.99. The third-order valence-electron chi connectivity index (χ3n) is 3.03. The molecular weight excluding hydrogens is 242 g/mol. The molecule has 1 heteroatoms. The Balaban J connectivity index is -0.000000277. The Labute approximate surface area is 131 Å². The van der Waals surface area contributed by atoms with E-state index >= 15 is 0 Å². The Bertz CT molecular complexity index is 128. The van der Waals surface area contributed by atoms with E-state index in [0.717, 1.165) is 5.92 Å². The molecule has 0 aliphatic carbocycles. The summed E-state index contributed by atoms with van der Waals surface area (Å²) in [4.78, 5) is 2.43. The average molecular weight is 288 g/mol. The van der Waals surface area contributed by atoms with Crippen LogP contribution in [0, 0.1) is 5.92 Å². The fourth-order valence-corrected chi connectivity index (χ4v) is 2.02. The van der Waals surface area contributed by atoms with Crippen molar-refractivity contribution < 1.29 is 0 Å². The van der Waals surface area contributed by atoms with E-state index in [-0.39, 0.29) is 0 Å². The Morgan fingerprint density at radius 3 is 1.45 bits per heavy atom. The van der Waals surface area contributed by atoms with E-state index in [9.17, 15) is 0 Å². The van der Waals surface area contributed by atoms with Crippen molar-refractivity contribution >= 4 is 0 Å². The summed E-state index contributed by atoms with van der Waals surface area (Å²) >= 11 is 0. The topological polar surface area (TPSA) is 3.24 Å². The van der Waals surface area contributed by atoms with Crippen molar-refractivity contribution in [2.45, 2.75) is 99.8 Å². The molecule has 0 aromatic heterocycles. The van der Waals surface area contributed by atoms with Gasteiger partial charge in [-0.25, -0.2) is 0 Å². The molecule has 0 heterocycles. The minimum atomic E-state index is 0.807. The van der Waals surface area contributed by atoms with Gasteiger partial charge in [0.15, 0.2) is 0 Å². The second-order valence-corrected chi connectivity index (χ2v) is 5.92. The van der Waals surface area contributed by atoms with Gasteiger partial charge in [0.1, 0.15) is 0 Å². The summed E-state index contributed by atoms with van der Waals surface area (Å²) in [5, 5.41) is 0. The molecule has 0 radical (unpaired) electrons. The van der Waals surface area contributed by atoms with Crippen LogP contribution < -0.4 is 0 Å². The molecule has 0 aromatic rings. The fourth-order valence-electron chi connectivity index (χ4n) is 2.02. The van der Waals surface area contributed by atoms with Gasteiger partial charge in [-0.05, 0) is 25.9 Å². The van der Waals surface area contributed by atoms with Gasteiger partial charge in [-0.1, -0.05) is 93.4 Å². The van der Waals surface area contributed by atoms with Gasteiger partial charge >= 0.3 is 0 Å². The predicted octanol–water partition coefficient (Wildman–Crippen LogP) is 6.77. The van der Waals surface area contributed by atoms with Gasteiger partial charge in [0, 0.05) is 6.54 Å². The van der Waals surface area contributed by atoms with Crippen molar-refractivity contribution in [3.8, 4) is 0 Å². The zero-order chi connectivity index (χ0) is 16.2. The van der Waals surface area contributed by atoms with Gasteiger partial charge in [0.25, 0.3) is 0 Å². The van der Waals surface area contributed by atoms with Crippen LogP contribution in [0.25, 0.3) is 0 Å². The van der Waals surface area contributed by atoms with E-state index in [1.54, 1.807) is 0 Å². The van der Waals surface area contributed by atoms with Gasteiger partial charge in [-0.2, -0.15) is 0 Å². The maximum absolute atomic E-state index is 2.43. The van der Waals surface area contributed by atoms with Gasteiger partial charge in [-0.15, -0.1) is 0 Å². The molecule has 20 heavy (non-hydrogen) atoms. The van der Waals surface area contributed by atoms with Crippen LogP contribution in [0.15, 0.2) is 0 Å².